The number of furan rings is 1. The minimum atomic E-state index is -0.507. The Hall–Kier alpha value is -6.64. The van der Waals surface area contributed by atoms with E-state index < -0.39 is 5.41 Å². The largest absolute Gasteiger partial charge is 0.456 e. The van der Waals surface area contributed by atoms with Crippen LogP contribution in [0.5, 0.6) is 0 Å². The molecule has 2 aliphatic carbocycles. The highest BCUT2D eigenvalue weighted by Crippen LogP contribution is 2.59. The van der Waals surface area contributed by atoms with Crippen molar-refractivity contribution in [1.82, 2.24) is 0 Å². The molecule has 0 atom stereocenters. The van der Waals surface area contributed by atoms with E-state index in [1.165, 1.54) is 61.3 Å². The van der Waals surface area contributed by atoms with Gasteiger partial charge in [-0.15, -0.1) is 0 Å². The van der Waals surface area contributed by atoms with Gasteiger partial charge in [0.15, 0.2) is 0 Å². The lowest BCUT2D eigenvalue weighted by molar-refractivity contribution is 0.660. The van der Waals surface area contributed by atoms with Crippen LogP contribution in [0.1, 0.15) is 47.2 Å². The number of fused-ring (bicyclic) bond motifs is 9. The molecule has 0 fully saturated rings. The van der Waals surface area contributed by atoms with Crippen molar-refractivity contribution in [3.05, 3.63) is 221 Å². The van der Waals surface area contributed by atoms with E-state index >= 15 is 0 Å². The van der Waals surface area contributed by atoms with Crippen molar-refractivity contribution in [1.29, 1.82) is 0 Å². The maximum Gasteiger partial charge on any atom is 0.137 e. The topological polar surface area (TPSA) is 16.4 Å². The zero-order chi connectivity index (χ0) is 36.0. The molecule has 0 aliphatic heterocycles. The van der Waals surface area contributed by atoms with Gasteiger partial charge in [-0.1, -0.05) is 159 Å². The molecule has 0 radical (unpaired) electrons. The van der Waals surface area contributed by atoms with Gasteiger partial charge in [0, 0.05) is 33.6 Å². The third-order valence-electron chi connectivity index (χ3n) is 12.1. The first kappa shape index (κ1) is 30.9. The summed E-state index contributed by atoms with van der Waals surface area (Å²) in [5.74, 6) is 0. The van der Waals surface area contributed by atoms with Crippen LogP contribution < -0.4 is 4.90 Å². The van der Waals surface area contributed by atoms with Gasteiger partial charge in [0.2, 0.25) is 0 Å². The SMILES string of the molecule is CC1(C)c2ccccc2-c2cccc(N(c3ccc4c(c3)C(c3ccccc3)(c3ccccc3)c3ccccc3-4)c3ccc4c(c3)oc3ccccc34)c21. The van der Waals surface area contributed by atoms with Gasteiger partial charge in [0.25, 0.3) is 0 Å². The molecule has 0 saturated heterocycles. The molecule has 9 aromatic rings. The molecule has 54 heavy (non-hydrogen) atoms. The van der Waals surface area contributed by atoms with E-state index in [0.717, 1.165) is 33.3 Å². The smallest absolute Gasteiger partial charge is 0.137 e. The fraction of sp³-hybridized carbons (Fsp3) is 0.0769. The number of rotatable bonds is 5. The number of nitrogens with zero attached hydrogens (tertiary/aromatic N) is 1. The highest BCUT2D eigenvalue weighted by atomic mass is 16.3. The van der Waals surface area contributed by atoms with Crippen LogP contribution in [0.4, 0.5) is 17.1 Å². The van der Waals surface area contributed by atoms with Crippen molar-refractivity contribution in [2.75, 3.05) is 4.90 Å². The van der Waals surface area contributed by atoms with Gasteiger partial charge in [0.05, 0.1) is 11.1 Å². The molecule has 1 aromatic heterocycles. The van der Waals surface area contributed by atoms with E-state index in [1.54, 1.807) is 0 Å². The second kappa shape index (κ2) is 11.4. The summed E-state index contributed by atoms with van der Waals surface area (Å²) in [7, 11) is 0. The fourth-order valence-electron chi connectivity index (χ4n) is 9.86. The van der Waals surface area contributed by atoms with Gasteiger partial charge in [-0.3, -0.25) is 0 Å². The average Bonchev–Trinajstić information content (AvgIpc) is 3.82. The number of hydrogen-bond donors (Lipinski definition) is 0. The minimum Gasteiger partial charge on any atom is -0.456 e. The Morgan fingerprint density at radius 2 is 0.963 bits per heavy atom. The van der Waals surface area contributed by atoms with Gasteiger partial charge in [-0.05, 0) is 92.0 Å². The van der Waals surface area contributed by atoms with Crippen LogP contribution in [0.25, 0.3) is 44.2 Å². The Morgan fingerprint density at radius 3 is 1.72 bits per heavy atom. The molecule has 0 bridgehead atoms. The van der Waals surface area contributed by atoms with Crippen molar-refractivity contribution < 1.29 is 4.42 Å². The monoisotopic (exact) mass is 691 g/mol. The summed E-state index contributed by atoms with van der Waals surface area (Å²) in [5.41, 5.74) is 17.3. The lowest BCUT2D eigenvalue weighted by atomic mass is 9.67. The van der Waals surface area contributed by atoms with Crippen LogP contribution >= 0.6 is 0 Å². The van der Waals surface area contributed by atoms with Crippen molar-refractivity contribution in [2.24, 2.45) is 0 Å². The molecule has 11 rings (SSSR count). The summed E-state index contributed by atoms with van der Waals surface area (Å²) >= 11 is 0. The summed E-state index contributed by atoms with van der Waals surface area (Å²) in [6, 6.07) is 69.0. The highest BCUT2D eigenvalue weighted by molar-refractivity contribution is 6.06. The van der Waals surface area contributed by atoms with Gasteiger partial charge in [0.1, 0.15) is 11.2 Å². The van der Waals surface area contributed by atoms with E-state index in [4.69, 9.17) is 4.42 Å². The summed E-state index contributed by atoms with van der Waals surface area (Å²) in [5, 5.41) is 2.26. The molecular formula is C52H37NO. The first-order valence-corrected chi connectivity index (χ1v) is 18.9. The van der Waals surface area contributed by atoms with E-state index in [9.17, 15) is 0 Å². The third kappa shape index (κ3) is 4.17. The molecule has 8 aromatic carbocycles. The standard InChI is InChI=1S/C52H37NO/c1-51(2)44-24-12-9-21-39(44)43-23-15-26-47(50(43)51)53(37-29-31-42-41-22-11-14-27-48(41)54-49(42)33-37)36-28-30-40-38-20-10-13-25-45(38)52(46(40)32-36,34-16-5-3-6-17-34)35-18-7-4-8-19-35/h3-33H,1-2H3. The maximum absolute atomic E-state index is 6.54. The Bertz CT molecular complexity index is 2880. The molecule has 0 saturated carbocycles. The third-order valence-corrected chi connectivity index (χ3v) is 12.1. The van der Waals surface area contributed by atoms with Crippen molar-refractivity contribution >= 4 is 39.0 Å². The van der Waals surface area contributed by atoms with E-state index in [-0.39, 0.29) is 5.41 Å². The summed E-state index contributed by atoms with van der Waals surface area (Å²) in [6.07, 6.45) is 0. The molecule has 2 nitrogen and oxygen atoms in total. The van der Waals surface area contributed by atoms with Gasteiger partial charge < -0.3 is 9.32 Å². The van der Waals surface area contributed by atoms with Crippen LogP contribution in [0.15, 0.2) is 192 Å². The van der Waals surface area contributed by atoms with Crippen molar-refractivity contribution in [2.45, 2.75) is 24.7 Å². The molecular weight excluding hydrogens is 655 g/mol. The Balaban J connectivity index is 1.22. The normalized spacial score (nSPS) is 14.4. The molecule has 1 heterocycles. The van der Waals surface area contributed by atoms with Crippen LogP contribution in [0.3, 0.4) is 0 Å². The number of benzene rings is 8. The van der Waals surface area contributed by atoms with Crippen molar-refractivity contribution in [3.8, 4) is 22.3 Å². The number of anilines is 3. The van der Waals surface area contributed by atoms with Crippen LogP contribution in [-0.4, -0.2) is 0 Å². The Kier molecular flexibility index (Phi) is 6.55. The lowest BCUT2D eigenvalue weighted by Crippen LogP contribution is -2.28. The van der Waals surface area contributed by atoms with Gasteiger partial charge in [-0.25, -0.2) is 0 Å². The second-order valence-electron chi connectivity index (χ2n) is 15.2. The number of para-hydroxylation sites is 1. The molecule has 0 amide bonds. The predicted octanol–water partition coefficient (Wildman–Crippen LogP) is 13.7. The van der Waals surface area contributed by atoms with Gasteiger partial charge in [-0.2, -0.15) is 0 Å². The summed E-state index contributed by atoms with van der Waals surface area (Å²) < 4.78 is 6.54. The fourth-order valence-corrected chi connectivity index (χ4v) is 9.86. The molecule has 256 valence electrons. The van der Waals surface area contributed by atoms with Gasteiger partial charge >= 0.3 is 0 Å². The van der Waals surface area contributed by atoms with Crippen molar-refractivity contribution in [3.63, 3.8) is 0 Å². The van der Waals surface area contributed by atoms with Crippen LogP contribution in [-0.2, 0) is 10.8 Å². The lowest BCUT2D eigenvalue weighted by Gasteiger charge is -2.35. The Morgan fingerprint density at radius 1 is 0.407 bits per heavy atom. The zero-order valence-electron chi connectivity index (χ0n) is 30.3. The average molecular weight is 692 g/mol. The maximum atomic E-state index is 6.54. The molecule has 2 aliphatic rings. The quantitative estimate of drug-likeness (QED) is 0.179. The Labute approximate surface area is 315 Å². The molecule has 0 spiro atoms. The molecule has 2 heteroatoms. The first-order chi connectivity index (χ1) is 26.5. The summed E-state index contributed by atoms with van der Waals surface area (Å²) in [6.45, 7) is 4.74. The zero-order valence-corrected chi connectivity index (χ0v) is 30.3. The van der Waals surface area contributed by atoms with Crippen LogP contribution in [0, 0.1) is 0 Å². The van der Waals surface area contributed by atoms with E-state index in [0.29, 0.717) is 0 Å². The number of hydrogen-bond acceptors (Lipinski definition) is 2. The van der Waals surface area contributed by atoms with Crippen LogP contribution in [0.2, 0.25) is 0 Å². The molecule has 0 N–H and O–H groups in total. The highest BCUT2D eigenvalue weighted by Gasteiger charge is 2.46. The van der Waals surface area contributed by atoms with E-state index in [1.807, 2.05) is 6.07 Å². The first-order valence-electron chi connectivity index (χ1n) is 18.9. The van der Waals surface area contributed by atoms with E-state index in [2.05, 4.69) is 201 Å². The predicted molar refractivity (Wildman–Crippen MR) is 223 cm³/mol. The summed E-state index contributed by atoms with van der Waals surface area (Å²) in [4.78, 5) is 2.48. The minimum absolute atomic E-state index is 0.213. The molecule has 0 unspecified atom stereocenters. The second-order valence-corrected chi connectivity index (χ2v) is 15.2.